The molecule has 0 saturated carbocycles. The van der Waals surface area contributed by atoms with Crippen LogP contribution < -0.4 is 0 Å². The van der Waals surface area contributed by atoms with E-state index in [0.717, 1.165) is 65.2 Å². The van der Waals surface area contributed by atoms with Gasteiger partial charge < -0.3 is 21.3 Å². The van der Waals surface area contributed by atoms with E-state index in [1.165, 1.54) is 0 Å². The largest absolute Gasteiger partial charge is 0.664 e. The fraction of sp³-hybridized carbons (Fsp3) is 1.00. The van der Waals surface area contributed by atoms with E-state index < -0.39 is 0 Å². The summed E-state index contributed by atoms with van der Waals surface area (Å²) in [7, 11) is 0. The Kier molecular flexibility index (Phi) is 12.7. The molecule has 0 aliphatic carbocycles. The third kappa shape index (κ3) is 10.6. The van der Waals surface area contributed by atoms with Crippen LogP contribution in [0.2, 0.25) is 0 Å². The van der Waals surface area contributed by atoms with Gasteiger partial charge in [0, 0.05) is 16.5 Å². The number of hydrogen-bond donors (Lipinski definition) is 0. The normalized spacial score (nSPS) is 22.4. The molecule has 0 bridgehead atoms. The molecule has 5 heteroatoms. The van der Waals surface area contributed by atoms with Crippen LogP contribution >= 0.6 is 0 Å². The molecule has 0 N–H and O–H groups in total. The Hall–Kier alpha value is 0.334. The average molecular weight is 255 g/mol. The molecule has 0 atom stereocenters. The van der Waals surface area contributed by atoms with Gasteiger partial charge in [-0.2, -0.15) is 52.4 Å². The Balaban J connectivity index is 0.00000196. The summed E-state index contributed by atoms with van der Waals surface area (Å²) < 4.78 is 0. The smallest absolute Gasteiger partial charge is 0 e. The van der Waals surface area contributed by atoms with Gasteiger partial charge in [0.05, 0.1) is 0 Å². The molecular formula is C10H20N4Ni-4. The van der Waals surface area contributed by atoms with Crippen molar-refractivity contribution in [1.82, 2.24) is 0 Å². The minimum absolute atomic E-state index is 0. The first-order valence-corrected chi connectivity index (χ1v) is 5.53. The van der Waals surface area contributed by atoms with Crippen molar-refractivity contribution < 1.29 is 16.5 Å². The van der Waals surface area contributed by atoms with Gasteiger partial charge in [-0.25, -0.2) is 0 Å². The van der Waals surface area contributed by atoms with Gasteiger partial charge >= 0.3 is 0 Å². The minimum Gasteiger partial charge on any atom is -0.664 e. The molecule has 15 heavy (non-hydrogen) atoms. The second kappa shape index (κ2) is 12.4. The fourth-order valence-corrected chi connectivity index (χ4v) is 1.32. The summed E-state index contributed by atoms with van der Waals surface area (Å²) in [5.74, 6) is 0. The molecule has 1 rings (SSSR count). The maximum Gasteiger partial charge on any atom is 0 e. The van der Waals surface area contributed by atoms with Crippen molar-refractivity contribution in [3.63, 3.8) is 0 Å². The van der Waals surface area contributed by atoms with E-state index in [-0.39, 0.29) is 16.5 Å². The standard InChI is InChI=1S/C10H20N4.Ni/c1-3-11-7-9-13-5-2-6-14-10-8-12-4-1;/h1-10H2;/q-4;. The van der Waals surface area contributed by atoms with E-state index in [4.69, 9.17) is 0 Å². The maximum atomic E-state index is 4.38. The van der Waals surface area contributed by atoms with Crippen molar-refractivity contribution in [3.8, 4) is 0 Å². The molecule has 0 aromatic rings. The number of rotatable bonds is 0. The topological polar surface area (TPSA) is 56.4 Å². The third-order valence-electron chi connectivity index (χ3n) is 2.10. The van der Waals surface area contributed by atoms with Crippen LogP contribution in [-0.2, 0) is 16.5 Å². The molecule has 1 heterocycles. The van der Waals surface area contributed by atoms with Crippen LogP contribution in [0.3, 0.4) is 0 Å². The zero-order valence-electron chi connectivity index (χ0n) is 9.18. The first kappa shape index (κ1) is 15.3. The minimum atomic E-state index is 0. The predicted molar refractivity (Wildman–Crippen MR) is 61.6 cm³/mol. The van der Waals surface area contributed by atoms with Crippen LogP contribution in [0.25, 0.3) is 21.3 Å². The second-order valence-electron chi connectivity index (χ2n) is 3.39. The Morgan fingerprint density at radius 3 is 0.933 bits per heavy atom. The maximum absolute atomic E-state index is 4.38. The van der Waals surface area contributed by atoms with Gasteiger partial charge in [-0.1, -0.05) is 12.8 Å². The molecule has 1 aliphatic rings. The zero-order valence-corrected chi connectivity index (χ0v) is 10.2. The van der Waals surface area contributed by atoms with Gasteiger partial charge in [0.25, 0.3) is 0 Å². The summed E-state index contributed by atoms with van der Waals surface area (Å²) in [5.41, 5.74) is 0. The third-order valence-corrected chi connectivity index (χ3v) is 2.10. The molecule has 0 aromatic carbocycles. The Morgan fingerprint density at radius 2 is 0.667 bits per heavy atom. The van der Waals surface area contributed by atoms with Crippen LogP contribution in [0.4, 0.5) is 0 Å². The van der Waals surface area contributed by atoms with Gasteiger partial charge in [-0.3, -0.25) is 0 Å². The zero-order chi connectivity index (χ0) is 9.90. The van der Waals surface area contributed by atoms with Crippen molar-refractivity contribution in [3.05, 3.63) is 21.3 Å². The quantitative estimate of drug-likeness (QED) is 0.596. The van der Waals surface area contributed by atoms with E-state index in [0.29, 0.717) is 0 Å². The summed E-state index contributed by atoms with van der Waals surface area (Å²) in [4.78, 5) is 0. The summed E-state index contributed by atoms with van der Waals surface area (Å²) in [6, 6.07) is 0. The number of nitrogens with zero attached hydrogens (tertiary/aromatic N) is 4. The molecule has 1 aliphatic heterocycles. The van der Waals surface area contributed by atoms with Gasteiger partial charge in [0.2, 0.25) is 0 Å². The van der Waals surface area contributed by atoms with E-state index >= 15 is 0 Å². The number of hydrogen-bond acceptors (Lipinski definition) is 0. The Labute approximate surface area is 103 Å². The molecule has 0 aromatic heterocycles. The molecule has 0 spiro atoms. The SMILES string of the molecule is C1C[N-]CC[N-]CCC[N-]CC[N-]C1.[Ni]. The van der Waals surface area contributed by atoms with Crippen molar-refractivity contribution in [2.75, 3.05) is 52.4 Å². The van der Waals surface area contributed by atoms with Gasteiger partial charge in [-0.15, -0.1) is 0 Å². The van der Waals surface area contributed by atoms with Crippen molar-refractivity contribution >= 4 is 0 Å². The van der Waals surface area contributed by atoms with Crippen LogP contribution in [0, 0.1) is 0 Å². The molecule has 4 nitrogen and oxygen atoms in total. The van der Waals surface area contributed by atoms with Crippen LogP contribution in [0.15, 0.2) is 0 Å². The van der Waals surface area contributed by atoms with Crippen molar-refractivity contribution in [2.24, 2.45) is 0 Å². The Bertz CT molecular complexity index is 70.7. The van der Waals surface area contributed by atoms with Crippen molar-refractivity contribution in [1.29, 1.82) is 0 Å². The van der Waals surface area contributed by atoms with Gasteiger partial charge in [0.15, 0.2) is 0 Å². The summed E-state index contributed by atoms with van der Waals surface area (Å²) in [6.07, 6.45) is 2.17. The van der Waals surface area contributed by atoms with E-state index in [1.54, 1.807) is 0 Å². The molecule has 0 unspecified atom stereocenters. The summed E-state index contributed by atoms with van der Waals surface area (Å²) in [5, 5.41) is 17.5. The molecule has 1 saturated heterocycles. The van der Waals surface area contributed by atoms with E-state index in [2.05, 4.69) is 21.3 Å². The predicted octanol–water partition coefficient (Wildman–Crippen LogP) is 2.27. The van der Waals surface area contributed by atoms with E-state index in [9.17, 15) is 0 Å². The molecule has 0 amide bonds. The molecule has 1 fully saturated rings. The fourth-order valence-electron chi connectivity index (χ4n) is 1.32. The van der Waals surface area contributed by atoms with Crippen LogP contribution in [0.1, 0.15) is 12.8 Å². The van der Waals surface area contributed by atoms with E-state index in [1.807, 2.05) is 0 Å². The second-order valence-corrected chi connectivity index (χ2v) is 3.39. The molecule has 94 valence electrons. The summed E-state index contributed by atoms with van der Waals surface area (Å²) >= 11 is 0. The summed E-state index contributed by atoms with van der Waals surface area (Å²) in [6.45, 7) is 7.31. The molecule has 0 radical (unpaired) electrons. The first-order chi connectivity index (χ1) is 7.00. The van der Waals surface area contributed by atoms with Crippen LogP contribution in [0.5, 0.6) is 0 Å². The average Bonchev–Trinajstić information content (AvgIpc) is 2.22. The Morgan fingerprint density at radius 1 is 0.400 bits per heavy atom. The first-order valence-electron chi connectivity index (χ1n) is 5.53. The molecular weight excluding hydrogens is 235 g/mol. The monoisotopic (exact) mass is 254 g/mol. The van der Waals surface area contributed by atoms with Crippen molar-refractivity contribution in [2.45, 2.75) is 12.8 Å². The van der Waals surface area contributed by atoms with Gasteiger partial charge in [-0.05, 0) is 0 Å². The van der Waals surface area contributed by atoms with Crippen LogP contribution in [-0.4, -0.2) is 52.4 Å². The van der Waals surface area contributed by atoms with Gasteiger partial charge in [0.1, 0.15) is 0 Å².